The van der Waals surface area contributed by atoms with Crippen molar-refractivity contribution < 1.29 is 0 Å². The Labute approximate surface area is 94.1 Å². The van der Waals surface area contributed by atoms with Crippen LogP contribution in [0.25, 0.3) is 0 Å². The van der Waals surface area contributed by atoms with Gasteiger partial charge in [-0.15, -0.1) is 0 Å². The summed E-state index contributed by atoms with van der Waals surface area (Å²) in [6.45, 7) is 4.18. The van der Waals surface area contributed by atoms with Gasteiger partial charge in [0.15, 0.2) is 0 Å². The number of rotatable bonds is 3. The largest absolute Gasteiger partial charge is 0.324 e. The summed E-state index contributed by atoms with van der Waals surface area (Å²) in [5.74, 6) is 0. The summed E-state index contributed by atoms with van der Waals surface area (Å²) in [7, 11) is 0. The standard InChI is InChI=1S/C12H16BrN/c1-9(2)6-7-12(14)10-4-3-5-11(13)8-10/h3-6,8,12H,7,14H2,1-2H3/t12-/m0/s1. The van der Waals surface area contributed by atoms with Crippen molar-refractivity contribution in [3.05, 3.63) is 46.0 Å². The Hall–Kier alpha value is -0.600. The molecule has 0 saturated carbocycles. The van der Waals surface area contributed by atoms with Crippen LogP contribution in [0.15, 0.2) is 40.4 Å². The maximum absolute atomic E-state index is 6.05. The van der Waals surface area contributed by atoms with E-state index < -0.39 is 0 Å². The van der Waals surface area contributed by atoms with Crippen molar-refractivity contribution in [2.45, 2.75) is 26.3 Å². The van der Waals surface area contributed by atoms with E-state index in [1.807, 2.05) is 12.1 Å². The molecule has 2 heteroatoms. The van der Waals surface area contributed by atoms with E-state index >= 15 is 0 Å². The van der Waals surface area contributed by atoms with Crippen LogP contribution >= 0.6 is 15.9 Å². The second-order valence-electron chi connectivity index (χ2n) is 3.68. The molecule has 0 aromatic heterocycles. The van der Waals surface area contributed by atoms with Crippen LogP contribution in [0.4, 0.5) is 0 Å². The summed E-state index contributed by atoms with van der Waals surface area (Å²) in [5.41, 5.74) is 8.54. The average molecular weight is 254 g/mol. The topological polar surface area (TPSA) is 26.0 Å². The number of halogens is 1. The Morgan fingerprint density at radius 3 is 2.79 bits per heavy atom. The first-order valence-electron chi connectivity index (χ1n) is 4.74. The molecule has 0 heterocycles. The molecular weight excluding hydrogens is 238 g/mol. The zero-order valence-corrected chi connectivity index (χ0v) is 10.2. The number of hydrogen-bond donors (Lipinski definition) is 1. The second kappa shape index (κ2) is 5.32. The van der Waals surface area contributed by atoms with Crippen molar-refractivity contribution in [3.63, 3.8) is 0 Å². The van der Waals surface area contributed by atoms with Crippen molar-refractivity contribution in [3.8, 4) is 0 Å². The van der Waals surface area contributed by atoms with Crippen LogP contribution in [-0.4, -0.2) is 0 Å². The highest BCUT2D eigenvalue weighted by molar-refractivity contribution is 9.10. The van der Waals surface area contributed by atoms with Gasteiger partial charge in [-0.3, -0.25) is 0 Å². The monoisotopic (exact) mass is 253 g/mol. The lowest BCUT2D eigenvalue weighted by Gasteiger charge is -2.09. The molecule has 0 saturated heterocycles. The lowest BCUT2D eigenvalue weighted by molar-refractivity contribution is 0.737. The summed E-state index contributed by atoms with van der Waals surface area (Å²) < 4.78 is 1.09. The number of hydrogen-bond acceptors (Lipinski definition) is 1. The Bertz CT molecular complexity index is 327. The minimum absolute atomic E-state index is 0.0994. The van der Waals surface area contributed by atoms with Gasteiger partial charge in [0.2, 0.25) is 0 Å². The van der Waals surface area contributed by atoms with Gasteiger partial charge < -0.3 is 5.73 Å². The SMILES string of the molecule is CC(C)=CC[C@H](N)c1cccc(Br)c1. The highest BCUT2D eigenvalue weighted by atomic mass is 79.9. The van der Waals surface area contributed by atoms with Gasteiger partial charge >= 0.3 is 0 Å². The zero-order valence-electron chi connectivity index (χ0n) is 8.63. The van der Waals surface area contributed by atoms with Crippen LogP contribution in [0.1, 0.15) is 31.9 Å². The highest BCUT2D eigenvalue weighted by Crippen LogP contribution is 2.19. The van der Waals surface area contributed by atoms with Crippen molar-refractivity contribution in [2.24, 2.45) is 5.73 Å². The molecular formula is C12H16BrN. The molecule has 14 heavy (non-hydrogen) atoms. The Morgan fingerprint density at radius 1 is 1.50 bits per heavy atom. The third kappa shape index (κ3) is 3.64. The van der Waals surface area contributed by atoms with Crippen LogP contribution < -0.4 is 5.73 Å². The molecule has 0 amide bonds. The van der Waals surface area contributed by atoms with E-state index in [1.165, 1.54) is 11.1 Å². The van der Waals surface area contributed by atoms with E-state index in [-0.39, 0.29) is 6.04 Å². The second-order valence-corrected chi connectivity index (χ2v) is 4.59. The lowest BCUT2D eigenvalue weighted by Crippen LogP contribution is -2.08. The fraction of sp³-hybridized carbons (Fsp3) is 0.333. The first-order valence-corrected chi connectivity index (χ1v) is 5.53. The molecule has 0 aliphatic carbocycles. The van der Waals surface area contributed by atoms with Gasteiger partial charge in [0, 0.05) is 10.5 Å². The Morgan fingerprint density at radius 2 is 2.21 bits per heavy atom. The highest BCUT2D eigenvalue weighted by Gasteiger charge is 2.03. The van der Waals surface area contributed by atoms with Crippen LogP contribution in [0.3, 0.4) is 0 Å². The molecule has 0 bridgehead atoms. The molecule has 0 aliphatic rings. The molecule has 0 radical (unpaired) electrons. The van der Waals surface area contributed by atoms with E-state index in [2.05, 4.69) is 48.0 Å². The summed E-state index contributed by atoms with van der Waals surface area (Å²) in [4.78, 5) is 0. The van der Waals surface area contributed by atoms with E-state index in [0.29, 0.717) is 0 Å². The number of benzene rings is 1. The predicted molar refractivity (Wildman–Crippen MR) is 65.1 cm³/mol. The van der Waals surface area contributed by atoms with Crippen molar-refractivity contribution in [2.75, 3.05) is 0 Å². The van der Waals surface area contributed by atoms with E-state index in [1.54, 1.807) is 0 Å². The molecule has 2 N–H and O–H groups in total. The molecule has 1 rings (SSSR count). The third-order valence-electron chi connectivity index (χ3n) is 2.06. The molecule has 0 aliphatic heterocycles. The smallest absolute Gasteiger partial charge is 0.0330 e. The van der Waals surface area contributed by atoms with E-state index in [4.69, 9.17) is 5.73 Å². The van der Waals surface area contributed by atoms with Gasteiger partial charge in [-0.25, -0.2) is 0 Å². The summed E-state index contributed by atoms with van der Waals surface area (Å²) in [6.07, 6.45) is 3.07. The van der Waals surface area contributed by atoms with Gasteiger partial charge in [0.05, 0.1) is 0 Å². The molecule has 0 spiro atoms. The Kier molecular flexibility index (Phi) is 4.36. The van der Waals surface area contributed by atoms with Crippen LogP contribution in [0.5, 0.6) is 0 Å². The summed E-state index contributed by atoms with van der Waals surface area (Å²) >= 11 is 3.44. The van der Waals surface area contributed by atoms with Crippen LogP contribution in [0, 0.1) is 0 Å². The van der Waals surface area contributed by atoms with Crippen molar-refractivity contribution in [1.82, 2.24) is 0 Å². The molecule has 1 atom stereocenters. The molecule has 1 aromatic carbocycles. The minimum Gasteiger partial charge on any atom is -0.324 e. The third-order valence-corrected chi connectivity index (χ3v) is 2.55. The van der Waals surface area contributed by atoms with Gasteiger partial charge in [-0.2, -0.15) is 0 Å². The van der Waals surface area contributed by atoms with E-state index in [0.717, 1.165) is 10.9 Å². The van der Waals surface area contributed by atoms with Gasteiger partial charge in [-0.1, -0.05) is 39.7 Å². The molecule has 0 fully saturated rings. The quantitative estimate of drug-likeness (QED) is 0.815. The maximum Gasteiger partial charge on any atom is 0.0330 e. The van der Waals surface area contributed by atoms with Gasteiger partial charge in [0.1, 0.15) is 0 Å². The van der Waals surface area contributed by atoms with Crippen LogP contribution in [-0.2, 0) is 0 Å². The minimum atomic E-state index is 0.0994. The van der Waals surface area contributed by atoms with Gasteiger partial charge in [0.25, 0.3) is 0 Å². The maximum atomic E-state index is 6.05. The summed E-state index contributed by atoms with van der Waals surface area (Å²) in [5, 5.41) is 0. The van der Waals surface area contributed by atoms with Crippen molar-refractivity contribution in [1.29, 1.82) is 0 Å². The molecule has 1 aromatic rings. The molecule has 76 valence electrons. The molecule has 0 unspecified atom stereocenters. The normalized spacial score (nSPS) is 12.3. The predicted octanol–water partition coefficient (Wildman–Crippen LogP) is 3.81. The van der Waals surface area contributed by atoms with Crippen LogP contribution in [0.2, 0.25) is 0 Å². The van der Waals surface area contributed by atoms with E-state index in [9.17, 15) is 0 Å². The Balaban J connectivity index is 2.69. The first-order chi connectivity index (χ1) is 6.59. The lowest BCUT2D eigenvalue weighted by atomic mass is 10.0. The fourth-order valence-corrected chi connectivity index (χ4v) is 1.65. The number of nitrogens with two attached hydrogens (primary N) is 1. The summed E-state index contributed by atoms with van der Waals surface area (Å²) in [6, 6.07) is 8.26. The van der Waals surface area contributed by atoms with Gasteiger partial charge in [-0.05, 0) is 38.0 Å². The zero-order chi connectivity index (χ0) is 10.6. The first kappa shape index (κ1) is 11.5. The fourth-order valence-electron chi connectivity index (χ4n) is 1.24. The number of allylic oxidation sites excluding steroid dienone is 1. The average Bonchev–Trinajstić information content (AvgIpc) is 2.14. The van der Waals surface area contributed by atoms with Crippen molar-refractivity contribution >= 4 is 15.9 Å². The molecule has 1 nitrogen and oxygen atoms in total.